The number of fused-ring (bicyclic) bond motifs is 1. The molecule has 0 bridgehead atoms. The molecular formula is C18H18N2O2. The second-order valence-corrected chi connectivity index (χ2v) is 5.30. The molecule has 1 N–H and O–H groups in total. The van der Waals surface area contributed by atoms with E-state index >= 15 is 0 Å². The minimum Gasteiger partial charge on any atom is -0.462 e. The number of aromatic amines is 1. The Morgan fingerprint density at radius 3 is 2.55 bits per heavy atom. The second-order valence-electron chi connectivity index (χ2n) is 5.30. The molecule has 0 atom stereocenters. The van der Waals surface area contributed by atoms with Gasteiger partial charge >= 0.3 is 5.97 Å². The number of esters is 1. The van der Waals surface area contributed by atoms with Crippen molar-refractivity contribution in [2.75, 3.05) is 6.61 Å². The summed E-state index contributed by atoms with van der Waals surface area (Å²) in [7, 11) is 0. The van der Waals surface area contributed by atoms with Gasteiger partial charge in [-0.25, -0.2) is 9.78 Å². The SMILES string of the molecule is CCOC(=O)c1c(C)[nH]c2ccc(-c3ccc(C)cc3)nc12. The number of rotatable bonds is 3. The summed E-state index contributed by atoms with van der Waals surface area (Å²) in [6.07, 6.45) is 0. The number of pyridine rings is 1. The smallest absolute Gasteiger partial charge is 0.342 e. The highest BCUT2D eigenvalue weighted by molar-refractivity contribution is 6.04. The quantitative estimate of drug-likeness (QED) is 0.742. The molecule has 0 radical (unpaired) electrons. The van der Waals surface area contributed by atoms with Gasteiger partial charge in [0.05, 0.1) is 17.8 Å². The summed E-state index contributed by atoms with van der Waals surface area (Å²) < 4.78 is 5.14. The Hall–Kier alpha value is -2.62. The van der Waals surface area contributed by atoms with Gasteiger partial charge in [0.1, 0.15) is 11.1 Å². The average molecular weight is 294 g/mol. The summed E-state index contributed by atoms with van der Waals surface area (Å²) in [5.41, 5.74) is 5.88. The number of carbonyl (C=O) groups is 1. The number of hydrogen-bond donors (Lipinski definition) is 1. The van der Waals surface area contributed by atoms with E-state index in [0.717, 1.165) is 22.5 Å². The van der Waals surface area contributed by atoms with E-state index in [1.807, 2.05) is 31.2 Å². The number of aromatic nitrogens is 2. The molecule has 4 nitrogen and oxygen atoms in total. The van der Waals surface area contributed by atoms with Gasteiger partial charge < -0.3 is 9.72 Å². The summed E-state index contributed by atoms with van der Waals surface area (Å²) >= 11 is 0. The van der Waals surface area contributed by atoms with E-state index in [1.54, 1.807) is 6.92 Å². The van der Waals surface area contributed by atoms with Crippen LogP contribution in [0.25, 0.3) is 22.3 Å². The van der Waals surface area contributed by atoms with Crippen LogP contribution in [-0.2, 0) is 4.74 Å². The minimum absolute atomic E-state index is 0.334. The van der Waals surface area contributed by atoms with E-state index in [9.17, 15) is 4.79 Å². The van der Waals surface area contributed by atoms with Crippen LogP contribution in [0.3, 0.4) is 0 Å². The number of nitrogens with one attached hydrogen (secondary N) is 1. The molecule has 22 heavy (non-hydrogen) atoms. The second kappa shape index (κ2) is 5.64. The van der Waals surface area contributed by atoms with Crippen LogP contribution in [0.4, 0.5) is 0 Å². The van der Waals surface area contributed by atoms with Gasteiger partial charge in [-0.1, -0.05) is 29.8 Å². The Morgan fingerprint density at radius 2 is 1.86 bits per heavy atom. The van der Waals surface area contributed by atoms with Gasteiger partial charge in [-0.05, 0) is 32.9 Å². The van der Waals surface area contributed by atoms with Crippen molar-refractivity contribution in [2.45, 2.75) is 20.8 Å². The largest absolute Gasteiger partial charge is 0.462 e. The van der Waals surface area contributed by atoms with Crippen molar-refractivity contribution in [3.05, 3.63) is 53.2 Å². The molecule has 0 unspecified atom stereocenters. The van der Waals surface area contributed by atoms with Gasteiger partial charge in [0, 0.05) is 11.3 Å². The minimum atomic E-state index is -0.334. The monoisotopic (exact) mass is 294 g/mol. The molecule has 3 aromatic rings. The van der Waals surface area contributed by atoms with Gasteiger partial charge in [0.2, 0.25) is 0 Å². The zero-order valence-electron chi connectivity index (χ0n) is 12.9. The van der Waals surface area contributed by atoms with E-state index < -0.39 is 0 Å². The van der Waals surface area contributed by atoms with Crippen molar-refractivity contribution in [3.8, 4) is 11.3 Å². The molecule has 0 aliphatic heterocycles. The summed E-state index contributed by atoms with van der Waals surface area (Å²) in [5, 5.41) is 0. The lowest BCUT2D eigenvalue weighted by Gasteiger charge is -2.04. The lowest BCUT2D eigenvalue weighted by Crippen LogP contribution is -2.06. The van der Waals surface area contributed by atoms with E-state index in [0.29, 0.717) is 17.7 Å². The van der Waals surface area contributed by atoms with Gasteiger partial charge in [0.15, 0.2) is 0 Å². The highest BCUT2D eigenvalue weighted by Crippen LogP contribution is 2.25. The summed E-state index contributed by atoms with van der Waals surface area (Å²) in [5.74, 6) is -0.334. The fourth-order valence-corrected chi connectivity index (χ4v) is 2.53. The third kappa shape index (κ3) is 2.48. The molecule has 0 saturated carbocycles. The highest BCUT2D eigenvalue weighted by atomic mass is 16.5. The first-order valence-electron chi connectivity index (χ1n) is 7.33. The Labute approximate surface area is 129 Å². The van der Waals surface area contributed by atoms with E-state index in [4.69, 9.17) is 4.74 Å². The maximum atomic E-state index is 12.2. The van der Waals surface area contributed by atoms with Gasteiger partial charge in [-0.2, -0.15) is 0 Å². The van der Waals surface area contributed by atoms with Gasteiger partial charge in [-0.3, -0.25) is 0 Å². The van der Waals surface area contributed by atoms with Crippen LogP contribution in [0.1, 0.15) is 28.5 Å². The van der Waals surface area contributed by atoms with Crippen molar-refractivity contribution in [1.82, 2.24) is 9.97 Å². The molecule has 0 spiro atoms. The third-order valence-corrected chi connectivity index (χ3v) is 3.66. The van der Waals surface area contributed by atoms with Gasteiger partial charge in [0.25, 0.3) is 0 Å². The predicted octanol–water partition coefficient (Wildman–Crippen LogP) is 4.02. The summed E-state index contributed by atoms with van der Waals surface area (Å²) in [4.78, 5) is 20.0. The topological polar surface area (TPSA) is 55.0 Å². The van der Waals surface area contributed by atoms with Crippen molar-refractivity contribution >= 4 is 17.0 Å². The third-order valence-electron chi connectivity index (χ3n) is 3.66. The molecule has 1 aromatic carbocycles. The molecule has 0 amide bonds. The fraction of sp³-hybridized carbons (Fsp3) is 0.222. The van der Waals surface area contributed by atoms with Crippen LogP contribution in [0, 0.1) is 13.8 Å². The van der Waals surface area contributed by atoms with Crippen molar-refractivity contribution in [2.24, 2.45) is 0 Å². The number of nitrogens with zero attached hydrogens (tertiary/aromatic N) is 1. The first kappa shape index (κ1) is 14.3. The van der Waals surface area contributed by atoms with E-state index in [2.05, 4.69) is 29.0 Å². The Balaban J connectivity index is 2.14. The number of aryl methyl sites for hydroxylation is 2. The van der Waals surface area contributed by atoms with E-state index in [-0.39, 0.29) is 5.97 Å². The standard InChI is InChI=1S/C18H18N2O2/c1-4-22-18(21)16-12(3)19-15-10-9-14(20-17(15)16)13-7-5-11(2)6-8-13/h5-10,19H,4H2,1-3H3. The molecule has 4 heteroatoms. The number of hydrogen-bond acceptors (Lipinski definition) is 3. The molecule has 2 heterocycles. The Bertz CT molecular complexity index is 832. The van der Waals surface area contributed by atoms with E-state index in [1.165, 1.54) is 5.56 Å². The summed E-state index contributed by atoms with van der Waals surface area (Å²) in [6, 6.07) is 12.1. The lowest BCUT2D eigenvalue weighted by atomic mass is 10.1. The molecule has 112 valence electrons. The van der Waals surface area contributed by atoms with Crippen molar-refractivity contribution < 1.29 is 9.53 Å². The Kier molecular flexibility index (Phi) is 3.67. The number of benzene rings is 1. The van der Waals surface area contributed by atoms with Crippen LogP contribution in [0.15, 0.2) is 36.4 Å². The Morgan fingerprint density at radius 1 is 1.14 bits per heavy atom. The molecule has 0 aliphatic carbocycles. The lowest BCUT2D eigenvalue weighted by molar-refractivity contribution is 0.0527. The van der Waals surface area contributed by atoms with Crippen LogP contribution in [-0.4, -0.2) is 22.5 Å². The molecule has 0 saturated heterocycles. The van der Waals surface area contributed by atoms with Crippen LogP contribution >= 0.6 is 0 Å². The highest BCUT2D eigenvalue weighted by Gasteiger charge is 2.18. The number of ether oxygens (including phenoxy) is 1. The molecule has 3 rings (SSSR count). The van der Waals surface area contributed by atoms with Gasteiger partial charge in [-0.15, -0.1) is 0 Å². The number of H-pyrrole nitrogens is 1. The van der Waals surface area contributed by atoms with Crippen molar-refractivity contribution in [3.63, 3.8) is 0 Å². The van der Waals surface area contributed by atoms with Crippen LogP contribution < -0.4 is 0 Å². The summed E-state index contributed by atoms with van der Waals surface area (Å²) in [6.45, 7) is 6.06. The maximum absolute atomic E-state index is 12.2. The number of carbonyl (C=O) groups excluding carboxylic acids is 1. The first-order valence-corrected chi connectivity index (χ1v) is 7.33. The normalized spacial score (nSPS) is 10.9. The zero-order chi connectivity index (χ0) is 15.7. The van der Waals surface area contributed by atoms with Crippen LogP contribution in [0.5, 0.6) is 0 Å². The zero-order valence-corrected chi connectivity index (χ0v) is 12.9. The molecule has 0 aliphatic rings. The predicted molar refractivity (Wildman–Crippen MR) is 87.0 cm³/mol. The van der Waals surface area contributed by atoms with Crippen molar-refractivity contribution in [1.29, 1.82) is 0 Å². The average Bonchev–Trinajstić information content (AvgIpc) is 2.83. The molecular weight excluding hydrogens is 276 g/mol. The molecule has 2 aromatic heterocycles. The molecule has 0 fully saturated rings. The fourth-order valence-electron chi connectivity index (χ4n) is 2.53. The van der Waals surface area contributed by atoms with Crippen LogP contribution in [0.2, 0.25) is 0 Å². The maximum Gasteiger partial charge on any atom is 0.342 e. The first-order chi connectivity index (χ1) is 10.6.